The van der Waals surface area contributed by atoms with E-state index < -0.39 is 12.1 Å². The lowest BCUT2D eigenvalue weighted by Gasteiger charge is -2.34. The number of alkyl carbamates (subject to hydrolysis) is 1. The van der Waals surface area contributed by atoms with Gasteiger partial charge < -0.3 is 25.2 Å². The highest BCUT2D eigenvalue weighted by atomic mass is 32.1. The van der Waals surface area contributed by atoms with Crippen LogP contribution in [0.15, 0.2) is 77.6 Å². The van der Waals surface area contributed by atoms with Crippen LogP contribution >= 0.6 is 22.7 Å². The van der Waals surface area contributed by atoms with E-state index in [0.29, 0.717) is 38.1 Å². The molecule has 0 aliphatic carbocycles. The molecule has 0 saturated carbocycles. The predicted octanol–water partition coefficient (Wildman–Crippen LogP) is 7.28. The summed E-state index contributed by atoms with van der Waals surface area (Å²) in [4.78, 5) is 52.7. The van der Waals surface area contributed by atoms with Gasteiger partial charge in [-0.2, -0.15) is 0 Å². The van der Waals surface area contributed by atoms with Crippen molar-refractivity contribution >= 4 is 40.7 Å². The van der Waals surface area contributed by atoms with Crippen LogP contribution in [-0.2, 0) is 35.5 Å². The van der Waals surface area contributed by atoms with Crippen molar-refractivity contribution in [3.05, 3.63) is 104 Å². The zero-order chi connectivity index (χ0) is 36.0. The molecule has 268 valence electrons. The Labute approximate surface area is 304 Å². The minimum absolute atomic E-state index is 0.107. The number of ether oxygens (including phenoxy) is 1. The molecule has 0 spiro atoms. The fourth-order valence-electron chi connectivity index (χ4n) is 5.63. The van der Waals surface area contributed by atoms with E-state index in [4.69, 9.17) is 4.74 Å². The average Bonchev–Trinajstić information content (AvgIpc) is 3.81. The molecule has 0 saturated heterocycles. The van der Waals surface area contributed by atoms with Crippen LogP contribution in [0.25, 0.3) is 0 Å². The molecule has 2 aromatic heterocycles. The first-order valence-corrected chi connectivity index (χ1v) is 18.9. The Hall–Kier alpha value is -4.29. The van der Waals surface area contributed by atoms with E-state index in [2.05, 4.69) is 46.6 Å². The highest BCUT2D eigenvalue weighted by molar-refractivity contribution is 7.09. The van der Waals surface area contributed by atoms with Crippen LogP contribution in [0.5, 0.6) is 0 Å². The van der Waals surface area contributed by atoms with Gasteiger partial charge in [0.2, 0.25) is 5.91 Å². The van der Waals surface area contributed by atoms with Gasteiger partial charge in [0.15, 0.2) is 0 Å². The monoisotopic (exact) mass is 718 g/mol. The van der Waals surface area contributed by atoms with E-state index in [-0.39, 0.29) is 36.5 Å². The summed E-state index contributed by atoms with van der Waals surface area (Å²) in [6, 6.07) is 18.6. The first kappa shape index (κ1) is 38.5. The van der Waals surface area contributed by atoms with Gasteiger partial charge in [0, 0.05) is 49.1 Å². The number of nitrogens with one attached hydrogen (secondary N) is 2. The largest absolute Gasteiger partial charge is 0.442 e. The van der Waals surface area contributed by atoms with E-state index in [1.165, 1.54) is 11.3 Å². The standard InChI is InChI=1S/C38H50N6O4S2/c1-26(2)34(42-37(46)43(5)23-31-25-50-35(40-31)27(3)4)36(45)44(6)32(22-29-15-11-8-12-16-29)18-17-30(21-28-13-9-7-10-14-28)41-38(47)48-24-33-39-19-20-49-33/h7-16,19-20,25-27,30,32,34H,17-18,21-24H2,1-6H3,(H,41,47)(H,42,46)/t30-,32-,34+/m1/s1. The molecule has 12 heteroatoms. The molecule has 4 amide bonds. The smallest absolute Gasteiger partial charge is 0.407 e. The normalized spacial score (nSPS) is 13.0. The number of rotatable bonds is 17. The first-order chi connectivity index (χ1) is 24.0. The second kappa shape index (κ2) is 19.2. The molecule has 0 bridgehead atoms. The van der Waals surface area contributed by atoms with Gasteiger partial charge in [-0.15, -0.1) is 22.7 Å². The number of carbonyl (C=O) groups is 3. The number of carbonyl (C=O) groups excluding carboxylic acids is 3. The zero-order valence-electron chi connectivity index (χ0n) is 29.9. The number of likely N-dealkylation sites (N-methyl/N-ethyl adjacent to an activating group) is 1. The second-order valence-electron chi connectivity index (χ2n) is 13.3. The van der Waals surface area contributed by atoms with Gasteiger partial charge in [0.1, 0.15) is 17.7 Å². The molecule has 4 aromatic rings. The average molecular weight is 719 g/mol. The molecular weight excluding hydrogens is 669 g/mol. The maximum atomic E-state index is 14.2. The van der Waals surface area contributed by atoms with Gasteiger partial charge in [-0.1, -0.05) is 88.4 Å². The van der Waals surface area contributed by atoms with E-state index >= 15 is 0 Å². The highest BCUT2D eigenvalue weighted by Gasteiger charge is 2.32. The SMILES string of the molecule is CC(C)c1nc(CN(C)C(=O)N[C@H](C(=O)N(C)[C@H](CC[C@H](Cc2ccccc2)NC(=O)OCc2nccs2)Cc2ccccc2)C(C)C)cs1. The summed E-state index contributed by atoms with van der Waals surface area (Å²) >= 11 is 3.03. The summed E-state index contributed by atoms with van der Waals surface area (Å²) in [5.41, 5.74) is 3.02. The van der Waals surface area contributed by atoms with Crippen molar-refractivity contribution in [2.45, 2.75) is 90.6 Å². The second-order valence-corrected chi connectivity index (χ2v) is 15.1. The zero-order valence-corrected chi connectivity index (χ0v) is 31.5. The molecule has 4 rings (SSSR count). The Morgan fingerprint density at radius 1 is 0.860 bits per heavy atom. The molecule has 0 fully saturated rings. The third kappa shape index (κ3) is 11.9. The molecule has 2 heterocycles. The Balaban J connectivity index is 1.47. The fraction of sp³-hybridized carbons (Fsp3) is 0.447. The van der Waals surface area contributed by atoms with Crippen molar-refractivity contribution in [2.24, 2.45) is 5.92 Å². The van der Waals surface area contributed by atoms with Crippen molar-refractivity contribution in [1.82, 2.24) is 30.4 Å². The van der Waals surface area contributed by atoms with Gasteiger partial charge in [-0.25, -0.2) is 19.6 Å². The molecule has 0 aliphatic rings. The van der Waals surface area contributed by atoms with Crippen LogP contribution in [0.4, 0.5) is 9.59 Å². The minimum atomic E-state index is -0.728. The Kier molecular flexibility index (Phi) is 14.8. The van der Waals surface area contributed by atoms with Gasteiger partial charge in [-0.3, -0.25) is 4.79 Å². The number of urea groups is 1. The number of amides is 4. The number of hydrogen-bond donors (Lipinski definition) is 2. The Morgan fingerprint density at radius 2 is 1.52 bits per heavy atom. The molecule has 10 nitrogen and oxygen atoms in total. The van der Waals surface area contributed by atoms with E-state index in [0.717, 1.165) is 26.8 Å². The molecule has 3 atom stereocenters. The molecule has 0 radical (unpaired) electrons. The number of hydrogen-bond acceptors (Lipinski definition) is 8. The molecule has 2 N–H and O–H groups in total. The van der Waals surface area contributed by atoms with Crippen LogP contribution in [-0.4, -0.2) is 70.0 Å². The van der Waals surface area contributed by atoms with Gasteiger partial charge in [0.05, 0.1) is 17.2 Å². The Morgan fingerprint density at radius 3 is 2.10 bits per heavy atom. The summed E-state index contributed by atoms with van der Waals surface area (Å²) in [7, 11) is 3.53. The van der Waals surface area contributed by atoms with Crippen molar-refractivity contribution in [3.63, 3.8) is 0 Å². The van der Waals surface area contributed by atoms with Crippen molar-refractivity contribution in [1.29, 1.82) is 0 Å². The van der Waals surface area contributed by atoms with Crippen molar-refractivity contribution in [2.75, 3.05) is 14.1 Å². The molecular formula is C38H50N6O4S2. The van der Waals surface area contributed by atoms with Crippen LogP contribution in [0.2, 0.25) is 0 Å². The van der Waals surface area contributed by atoms with E-state index in [1.54, 1.807) is 34.4 Å². The maximum absolute atomic E-state index is 14.2. The summed E-state index contributed by atoms with van der Waals surface area (Å²) in [5.74, 6) is 0.0165. The quantitative estimate of drug-likeness (QED) is 0.119. The minimum Gasteiger partial charge on any atom is -0.442 e. The fourth-order valence-corrected chi connectivity index (χ4v) is 6.98. The molecule has 50 heavy (non-hydrogen) atoms. The lowest BCUT2D eigenvalue weighted by atomic mass is 9.94. The number of nitrogens with zero attached hydrogens (tertiary/aromatic N) is 4. The maximum Gasteiger partial charge on any atom is 0.407 e. The topological polar surface area (TPSA) is 117 Å². The number of aromatic nitrogens is 2. The molecule has 0 aliphatic heterocycles. The lowest BCUT2D eigenvalue weighted by molar-refractivity contribution is -0.135. The number of thiazole rings is 2. The van der Waals surface area contributed by atoms with E-state index in [9.17, 15) is 14.4 Å². The Bertz CT molecular complexity index is 1610. The lowest BCUT2D eigenvalue weighted by Crippen LogP contribution is -2.55. The first-order valence-electron chi connectivity index (χ1n) is 17.1. The van der Waals surface area contributed by atoms with Gasteiger partial charge in [-0.05, 0) is 42.7 Å². The number of benzene rings is 2. The summed E-state index contributed by atoms with van der Waals surface area (Å²) < 4.78 is 5.49. The predicted molar refractivity (Wildman–Crippen MR) is 200 cm³/mol. The van der Waals surface area contributed by atoms with Crippen molar-refractivity contribution < 1.29 is 19.1 Å². The molecule has 2 aromatic carbocycles. The van der Waals surface area contributed by atoms with Crippen LogP contribution in [0.3, 0.4) is 0 Å². The van der Waals surface area contributed by atoms with Crippen LogP contribution < -0.4 is 10.6 Å². The van der Waals surface area contributed by atoms with Gasteiger partial charge >= 0.3 is 12.1 Å². The summed E-state index contributed by atoms with van der Waals surface area (Å²) in [6.45, 7) is 8.53. The third-order valence-electron chi connectivity index (χ3n) is 8.54. The summed E-state index contributed by atoms with van der Waals surface area (Å²) in [5, 5.41) is 11.7. The van der Waals surface area contributed by atoms with Crippen LogP contribution in [0, 0.1) is 5.92 Å². The van der Waals surface area contributed by atoms with Crippen molar-refractivity contribution in [3.8, 4) is 0 Å². The van der Waals surface area contributed by atoms with Gasteiger partial charge in [0.25, 0.3) is 0 Å². The van der Waals surface area contributed by atoms with Crippen LogP contribution in [0.1, 0.15) is 73.3 Å². The summed E-state index contributed by atoms with van der Waals surface area (Å²) in [6.07, 6.45) is 3.62. The third-order valence-corrected chi connectivity index (χ3v) is 10.5. The highest BCUT2D eigenvalue weighted by Crippen LogP contribution is 2.21. The molecule has 0 unspecified atom stereocenters. The van der Waals surface area contributed by atoms with E-state index in [1.807, 2.05) is 80.2 Å².